The molecule has 2 aromatic heterocycles. The van der Waals surface area contributed by atoms with Gasteiger partial charge in [0.05, 0.1) is 36.0 Å². The van der Waals surface area contributed by atoms with Crippen molar-refractivity contribution in [2.75, 3.05) is 17.8 Å². The fraction of sp³-hybridized carbons (Fsp3) is 0.400. The molecule has 0 saturated carbocycles. The number of fused-ring (bicyclic) bond motifs is 1. The molecule has 38 heavy (non-hydrogen) atoms. The summed E-state index contributed by atoms with van der Waals surface area (Å²) < 4.78 is 49.0. The lowest BCUT2D eigenvalue weighted by Gasteiger charge is -2.20. The molecule has 0 amide bonds. The van der Waals surface area contributed by atoms with Crippen molar-refractivity contribution in [1.82, 2.24) is 20.2 Å². The Bertz CT molecular complexity index is 1410. The molecule has 0 aliphatic carbocycles. The van der Waals surface area contributed by atoms with Crippen molar-refractivity contribution < 1.29 is 47.8 Å². The molecule has 3 heterocycles. The van der Waals surface area contributed by atoms with Gasteiger partial charge in [0.1, 0.15) is 23.2 Å². The van der Waals surface area contributed by atoms with E-state index in [2.05, 4.69) is 15.4 Å². The summed E-state index contributed by atoms with van der Waals surface area (Å²) in [5, 5.41) is 28.2. The number of rotatable bonds is 10. The normalized spacial score (nSPS) is 24.4. The number of aliphatic hydroxyl groups is 1. The number of hydrogen-bond donors (Lipinski definition) is 7. The monoisotopic (exact) mass is 595 g/mol. The van der Waals surface area contributed by atoms with Crippen LogP contribution in [0.15, 0.2) is 36.5 Å². The van der Waals surface area contributed by atoms with Crippen molar-refractivity contribution in [3.8, 4) is 0 Å². The maximum Gasteiger partial charge on any atom is 0.340 e. The molecule has 0 spiro atoms. The molecule has 6 atom stereocenters. The van der Waals surface area contributed by atoms with E-state index in [0.717, 1.165) is 0 Å². The van der Waals surface area contributed by atoms with Crippen molar-refractivity contribution in [3.63, 3.8) is 0 Å². The lowest BCUT2D eigenvalue weighted by Crippen LogP contribution is -2.44. The van der Waals surface area contributed by atoms with Gasteiger partial charge in [0.2, 0.25) is 0 Å². The summed E-state index contributed by atoms with van der Waals surface area (Å²) in [5.74, 6) is -1.81. The molecule has 0 bridgehead atoms. The number of pyridine rings is 1. The quantitative estimate of drug-likeness (QED) is 0.102. The van der Waals surface area contributed by atoms with Gasteiger partial charge in [-0.2, -0.15) is 10.6 Å². The van der Waals surface area contributed by atoms with Crippen molar-refractivity contribution in [2.24, 2.45) is 0 Å². The number of anilines is 1. The zero-order valence-electron chi connectivity index (χ0n) is 19.6. The third kappa shape index (κ3) is 6.41. The highest BCUT2D eigenvalue weighted by Gasteiger charge is 2.47. The Hall–Kier alpha value is -2.00. The van der Waals surface area contributed by atoms with Gasteiger partial charge >= 0.3 is 15.2 Å². The average Bonchev–Trinajstić information content (AvgIpc) is 3.36. The molecule has 1 unspecified atom stereocenters. The molecular weight excluding hydrogens is 571 g/mol. The van der Waals surface area contributed by atoms with Gasteiger partial charge in [-0.05, 0) is 19.1 Å². The van der Waals surface area contributed by atoms with Crippen LogP contribution in [-0.2, 0) is 18.4 Å². The van der Waals surface area contributed by atoms with Crippen molar-refractivity contribution in [2.45, 2.75) is 37.4 Å². The number of hydroxylamine groups is 1. The Labute approximate surface area is 220 Å². The third-order valence-corrected chi connectivity index (χ3v) is 9.50. The third-order valence-electron chi connectivity index (χ3n) is 5.85. The highest BCUT2D eigenvalue weighted by molar-refractivity contribution is 7.70. The molecule has 1 saturated heterocycles. The first-order valence-electron chi connectivity index (χ1n) is 11.1. The molecule has 18 heteroatoms. The molecule has 1 aromatic carbocycles. The first-order chi connectivity index (χ1) is 17.8. The van der Waals surface area contributed by atoms with E-state index in [1.807, 2.05) is 5.48 Å². The van der Waals surface area contributed by atoms with E-state index in [1.165, 1.54) is 23.0 Å². The lowest BCUT2D eigenvalue weighted by molar-refractivity contribution is -0.0533. The Balaban J connectivity index is 1.58. The van der Waals surface area contributed by atoms with Gasteiger partial charge in [0, 0.05) is 5.56 Å². The van der Waals surface area contributed by atoms with Gasteiger partial charge in [-0.15, -0.1) is 0 Å². The molecule has 1 fully saturated rings. The molecule has 0 radical (unpaired) electrons. The van der Waals surface area contributed by atoms with Crippen LogP contribution >= 0.6 is 26.8 Å². The first-order valence-corrected chi connectivity index (χ1v) is 15.0. The smallest absolute Gasteiger partial charge is 0.340 e. The van der Waals surface area contributed by atoms with E-state index in [1.54, 1.807) is 25.1 Å². The van der Waals surface area contributed by atoms with Crippen LogP contribution in [0, 0.1) is 5.82 Å². The first kappa shape index (κ1) is 29.0. The Morgan fingerprint density at radius 3 is 2.66 bits per heavy atom. The van der Waals surface area contributed by atoms with Crippen LogP contribution in [0.3, 0.4) is 0 Å². The highest BCUT2D eigenvalue weighted by atomic mass is 35.5. The molecule has 3 aromatic rings. The molecular formula is C20H25ClFN5O9P2. The summed E-state index contributed by atoms with van der Waals surface area (Å²) in [4.78, 5) is 31.9. The minimum atomic E-state index is -4.86. The highest BCUT2D eigenvalue weighted by Crippen LogP contribution is 2.55. The van der Waals surface area contributed by atoms with Crippen LogP contribution in [-0.4, -0.2) is 70.5 Å². The largest absolute Gasteiger partial charge is 0.387 e. The van der Waals surface area contributed by atoms with Crippen LogP contribution in [0.25, 0.3) is 11.0 Å². The number of aromatic nitrogens is 3. The lowest BCUT2D eigenvalue weighted by atomic mass is 10.1. The molecule has 14 nitrogen and oxygen atoms in total. The SMILES string of the molecule is C[C@H](Nc1cc(Cl)nc2c1cnn2[C@@H]1O[C@H](COP(=O)(O)CP(=O)(O)O)[C@@H](NO)[C@H]1O)c1ccccc1F. The fourth-order valence-corrected chi connectivity index (χ4v) is 6.90. The maximum absolute atomic E-state index is 14.3. The topological polar surface area (TPSA) is 209 Å². The van der Waals surface area contributed by atoms with Crippen LogP contribution in [0.4, 0.5) is 10.1 Å². The summed E-state index contributed by atoms with van der Waals surface area (Å²) in [5.41, 5.74) is 2.88. The fourth-order valence-electron chi connectivity index (χ4n) is 4.14. The maximum atomic E-state index is 14.3. The van der Waals surface area contributed by atoms with E-state index >= 15 is 0 Å². The number of ether oxygens (including phenoxy) is 1. The zero-order valence-corrected chi connectivity index (χ0v) is 22.2. The summed E-state index contributed by atoms with van der Waals surface area (Å²) in [6.45, 7) is 1.04. The number of nitrogens with one attached hydrogen (secondary N) is 2. The summed E-state index contributed by atoms with van der Waals surface area (Å²) in [6, 6.07) is 6.06. The zero-order chi connectivity index (χ0) is 27.8. The van der Waals surface area contributed by atoms with Crippen molar-refractivity contribution in [3.05, 3.63) is 53.1 Å². The van der Waals surface area contributed by atoms with Crippen molar-refractivity contribution in [1.29, 1.82) is 0 Å². The van der Waals surface area contributed by atoms with Gasteiger partial charge in [-0.25, -0.2) is 14.1 Å². The van der Waals surface area contributed by atoms with Gasteiger partial charge in [-0.3, -0.25) is 9.13 Å². The molecule has 1 aliphatic heterocycles. The Morgan fingerprint density at radius 1 is 1.29 bits per heavy atom. The van der Waals surface area contributed by atoms with Crippen LogP contribution in [0.5, 0.6) is 0 Å². The van der Waals surface area contributed by atoms with Gasteiger partial charge in [0.15, 0.2) is 17.8 Å². The average molecular weight is 596 g/mol. The van der Waals surface area contributed by atoms with Gasteiger partial charge in [0.25, 0.3) is 0 Å². The standard InChI is InChI=1S/C20H25ClFN5O9P2/c1-10(11-4-2-3-5-13(11)22)24-14-6-16(21)25-19-12(14)7-23-27(19)20-18(28)17(26-29)15(36-20)8-35-38(33,34)9-37(30,31)32/h2-7,10,15,17-18,20,26,28-29H,8-9H2,1H3,(H,24,25)(H,33,34)(H2,30,31,32)/t10-,15+,17+,18+,20+/m0/s1. The van der Waals surface area contributed by atoms with Crippen molar-refractivity contribution >= 4 is 43.5 Å². The van der Waals surface area contributed by atoms with E-state index in [0.29, 0.717) is 16.6 Å². The number of hydrogen-bond acceptors (Lipinski definition) is 10. The molecule has 7 N–H and O–H groups in total. The molecule has 1 aliphatic rings. The minimum Gasteiger partial charge on any atom is -0.387 e. The number of benzene rings is 1. The minimum absolute atomic E-state index is 0.0466. The predicted octanol–water partition coefficient (Wildman–Crippen LogP) is 2.34. The molecule has 4 rings (SSSR count). The van der Waals surface area contributed by atoms with Gasteiger partial charge < -0.3 is 39.6 Å². The molecule has 208 valence electrons. The summed E-state index contributed by atoms with van der Waals surface area (Å²) in [7, 11) is -9.58. The van der Waals surface area contributed by atoms with Gasteiger partial charge in [-0.1, -0.05) is 29.8 Å². The number of aliphatic hydroxyl groups excluding tert-OH is 1. The van der Waals surface area contributed by atoms with E-state index in [4.69, 9.17) is 30.6 Å². The number of halogens is 2. The Morgan fingerprint density at radius 2 is 2.00 bits per heavy atom. The van der Waals surface area contributed by atoms with E-state index in [-0.39, 0.29) is 10.8 Å². The van der Waals surface area contributed by atoms with Crippen LogP contribution in [0.2, 0.25) is 5.15 Å². The van der Waals surface area contributed by atoms with E-state index < -0.39 is 64.0 Å². The second kappa shape index (κ2) is 11.2. The Kier molecular flexibility index (Phi) is 8.58. The van der Waals surface area contributed by atoms with Crippen LogP contribution in [0.1, 0.15) is 24.8 Å². The second-order valence-electron chi connectivity index (χ2n) is 8.66. The van der Waals surface area contributed by atoms with E-state index in [9.17, 15) is 28.7 Å². The second-order valence-corrected chi connectivity index (χ2v) is 13.0. The summed E-state index contributed by atoms with van der Waals surface area (Å²) >= 11 is 6.23. The number of nitrogens with zero attached hydrogens (tertiary/aromatic N) is 3. The van der Waals surface area contributed by atoms with Crippen LogP contribution < -0.4 is 10.8 Å². The summed E-state index contributed by atoms with van der Waals surface area (Å²) in [6.07, 6.45) is -2.59. The predicted molar refractivity (Wildman–Crippen MR) is 132 cm³/mol.